The molecule has 0 radical (unpaired) electrons. The normalized spacial score (nSPS) is 19.3. The first-order valence-corrected chi connectivity index (χ1v) is 13.4. The molecule has 0 bridgehead atoms. The summed E-state index contributed by atoms with van der Waals surface area (Å²) in [5.41, 5.74) is 3.16. The van der Waals surface area contributed by atoms with Crippen molar-refractivity contribution in [2.75, 3.05) is 14.2 Å². The van der Waals surface area contributed by atoms with E-state index in [1.54, 1.807) is 14.2 Å². The summed E-state index contributed by atoms with van der Waals surface area (Å²) < 4.78 is 10.8. The Bertz CT molecular complexity index is 682. The average Bonchev–Trinajstić information content (AvgIpc) is 2.73. The van der Waals surface area contributed by atoms with E-state index < -0.39 is 0 Å². The molecule has 0 amide bonds. The molecular formula is C30H54O3. The fourth-order valence-electron chi connectivity index (χ4n) is 4.94. The lowest BCUT2D eigenvalue weighted by atomic mass is 9.85. The van der Waals surface area contributed by atoms with E-state index in [1.807, 2.05) is 13.0 Å². The molecular weight excluding hydrogens is 408 g/mol. The molecule has 1 aliphatic rings. The van der Waals surface area contributed by atoms with Crippen molar-refractivity contribution in [3.05, 3.63) is 22.8 Å². The van der Waals surface area contributed by atoms with Gasteiger partial charge in [0.15, 0.2) is 0 Å². The van der Waals surface area contributed by atoms with Crippen molar-refractivity contribution >= 4 is 0 Å². The summed E-state index contributed by atoms with van der Waals surface area (Å²) in [5, 5.41) is 10.1. The average molecular weight is 463 g/mol. The van der Waals surface area contributed by atoms with Gasteiger partial charge in [0.2, 0.25) is 0 Å². The second-order valence-corrected chi connectivity index (χ2v) is 11.5. The van der Waals surface area contributed by atoms with Crippen LogP contribution in [0.5, 0.6) is 11.5 Å². The van der Waals surface area contributed by atoms with Crippen LogP contribution < -0.4 is 4.74 Å². The van der Waals surface area contributed by atoms with E-state index in [0.717, 1.165) is 53.9 Å². The van der Waals surface area contributed by atoms with Crippen LogP contribution in [-0.2, 0) is 11.2 Å². The first-order valence-electron chi connectivity index (χ1n) is 13.4. The molecule has 0 aliphatic carbocycles. The standard InChI is InChI=1S/C28H48O2.C2H6O/c1-20(2)11-8-12-21(3)13-9-14-22(4)15-10-17-28(7)18-16-25-19-26(29)23(5)24(6)27(25)30-28;1-3-2/h19-22,29H,8-18H2,1-7H3;1-2H3/t21?,22?,28-;/m1./s1. The van der Waals surface area contributed by atoms with E-state index in [9.17, 15) is 5.11 Å². The highest BCUT2D eigenvalue weighted by molar-refractivity contribution is 5.53. The predicted molar refractivity (Wildman–Crippen MR) is 143 cm³/mol. The molecule has 0 saturated heterocycles. The van der Waals surface area contributed by atoms with Crippen LogP contribution in [0.4, 0.5) is 0 Å². The lowest BCUT2D eigenvalue weighted by molar-refractivity contribution is 0.0514. The topological polar surface area (TPSA) is 38.7 Å². The smallest absolute Gasteiger partial charge is 0.126 e. The number of phenolic OH excluding ortho intramolecular Hbond substituents is 1. The van der Waals surface area contributed by atoms with Crippen LogP contribution in [0, 0.1) is 31.6 Å². The zero-order valence-corrected chi connectivity index (χ0v) is 23.4. The Morgan fingerprint density at radius 2 is 1.42 bits per heavy atom. The summed E-state index contributed by atoms with van der Waals surface area (Å²) >= 11 is 0. The van der Waals surface area contributed by atoms with Crippen LogP contribution in [0.1, 0.15) is 116 Å². The maximum absolute atomic E-state index is 10.1. The van der Waals surface area contributed by atoms with Gasteiger partial charge in [-0.1, -0.05) is 72.6 Å². The van der Waals surface area contributed by atoms with Gasteiger partial charge in [-0.15, -0.1) is 0 Å². The number of methoxy groups -OCH3 is 1. The molecule has 1 N–H and O–H groups in total. The number of aromatic hydroxyl groups is 1. The van der Waals surface area contributed by atoms with E-state index in [2.05, 4.69) is 46.3 Å². The second kappa shape index (κ2) is 14.9. The third-order valence-corrected chi connectivity index (χ3v) is 7.44. The van der Waals surface area contributed by atoms with E-state index >= 15 is 0 Å². The van der Waals surface area contributed by atoms with Crippen molar-refractivity contribution in [1.82, 2.24) is 0 Å². The molecule has 1 heterocycles. The van der Waals surface area contributed by atoms with Crippen LogP contribution >= 0.6 is 0 Å². The molecule has 3 heteroatoms. The van der Waals surface area contributed by atoms with Crippen molar-refractivity contribution in [1.29, 1.82) is 0 Å². The minimum Gasteiger partial charge on any atom is -0.508 e. The molecule has 1 aliphatic heterocycles. The molecule has 0 spiro atoms. The molecule has 1 aromatic carbocycles. The predicted octanol–water partition coefficient (Wildman–Crippen LogP) is 8.79. The third-order valence-electron chi connectivity index (χ3n) is 7.44. The van der Waals surface area contributed by atoms with Gasteiger partial charge in [0.05, 0.1) is 0 Å². The quantitative estimate of drug-likeness (QED) is 0.337. The number of phenols is 1. The molecule has 0 saturated carbocycles. The molecule has 3 atom stereocenters. The van der Waals surface area contributed by atoms with Gasteiger partial charge in [0, 0.05) is 14.2 Å². The lowest BCUT2D eigenvalue weighted by Crippen LogP contribution is -2.36. The minimum atomic E-state index is -0.0637. The SMILES string of the molecule is COC.Cc1c(O)cc2c(c1C)O[C@](C)(CCCC(C)CCCC(C)CCCC(C)C)CC2. The van der Waals surface area contributed by atoms with Crippen molar-refractivity contribution < 1.29 is 14.6 Å². The minimum absolute atomic E-state index is 0.0637. The summed E-state index contributed by atoms with van der Waals surface area (Å²) in [7, 11) is 3.25. The zero-order chi connectivity index (χ0) is 25.0. The maximum Gasteiger partial charge on any atom is 0.126 e. The number of hydrogen-bond donors (Lipinski definition) is 1. The monoisotopic (exact) mass is 462 g/mol. The summed E-state index contributed by atoms with van der Waals surface area (Å²) in [5.74, 6) is 3.98. The Morgan fingerprint density at radius 1 is 0.909 bits per heavy atom. The van der Waals surface area contributed by atoms with E-state index in [1.165, 1.54) is 56.9 Å². The number of benzene rings is 1. The number of fused-ring (bicyclic) bond motifs is 1. The number of ether oxygens (including phenoxy) is 2. The molecule has 2 unspecified atom stereocenters. The highest BCUT2D eigenvalue weighted by atomic mass is 16.5. The van der Waals surface area contributed by atoms with Gasteiger partial charge in [-0.05, 0) is 87.0 Å². The second-order valence-electron chi connectivity index (χ2n) is 11.5. The Morgan fingerprint density at radius 3 is 1.97 bits per heavy atom. The first-order chi connectivity index (χ1) is 15.5. The molecule has 1 aromatic rings. The van der Waals surface area contributed by atoms with Crippen molar-refractivity contribution in [2.24, 2.45) is 17.8 Å². The van der Waals surface area contributed by atoms with Gasteiger partial charge in [0.1, 0.15) is 17.1 Å². The van der Waals surface area contributed by atoms with Crippen LogP contribution in [0.3, 0.4) is 0 Å². The Kier molecular flexibility index (Phi) is 13.5. The summed E-state index contributed by atoms with van der Waals surface area (Å²) in [4.78, 5) is 0. The van der Waals surface area contributed by atoms with Gasteiger partial charge in [-0.3, -0.25) is 0 Å². The van der Waals surface area contributed by atoms with E-state index in [-0.39, 0.29) is 5.60 Å². The molecule has 192 valence electrons. The van der Waals surface area contributed by atoms with E-state index in [4.69, 9.17) is 4.74 Å². The van der Waals surface area contributed by atoms with Gasteiger partial charge in [-0.2, -0.15) is 0 Å². The van der Waals surface area contributed by atoms with Gasteiger partial charge >= 0.3 is 0 Å². The molecule has 0 fully saturated rings. The molecule has 0 aromatic heterocycles. The van der Waals surface area contributed by atoms with Crippen LogP contribution in [0.2, 0.25) is 0 Å². The Hall–Kier alpha value is -1.22. The summed E-state index contributed by atoms with van der Waals surface area (Å²) in [6, 6.07) is 1.91. The fraction of sp³-hybridized carbons (Fsp3) is 0.800. The fourth-order valence-corrected chi connectivity index (χ4v) is 4.94. The highest BCUT2D eigenvalue weighted by Crippen LogP contribution is 2.42. The molecule has 33 heavy (non-hydrogen) atoms. The molecule has 3 nitrogen and oxygen atoms in total. The Balaban J connectivity index is 0.00000172. The number of rotatable bonds is 12. The van der Waals surface area contributed by atoms with Crippen LogP contribution in [-0.4, -0.2) is 24.9 Å². The lowest BCUT2D eigenvalue weighted by Gasteiger charge is -2.37. The third kappa shape index (κ3) is 10.7. The largest absolute Gasteiger partial charge is 0.508 e. The van der Waals surface area contributed by atoms with Gasteiger partial charge in [0.25, 0.3) is 0 Å². The van der Waals surface area contributed by atoms with Gasteiger partial charge in [-0.25, -0.2) is 0 Å². The summed E-state index contributed by atoms with van der Waals surface area (Å²) in [6.07, 6.45) is 14.1. The maximum atomic E-state index is 10.1. The van der Waals surface area contributed by atoms with Crippen molar-refractivity contribution in [3.63, 3.8) is 0 Å². The van der Waals surface area contributed by atoms with Crippen molar-refractivity contribution in [3.8, 4) is 11.5 Å². The molecule has 2 rings (SSSR count). The zero-order valence-electron chi connectivity index (χ0n) is 23.4. The summed E-state index contributed by atoms with van der Waals surface area (Å²) in [6.45, 7) is 15.9. The van der Waals surface area contributed by atoms with Gasteiger partial charge < -0.3 is 14.6 Å². The van der Waals surface area contributed by atoms with Crippen LogP contribution in [0.15, 0.2) is 6.07 Å². The van der Waals surface area contributed by atoms with Crippen LogP contribution in [0.25, 0.3) is 0 Å². The first kappa shape index (κ1) is 29.8. The Labute approximate surface area is 205 Å². The van der Waals surface area contributed by atoms with Crippen molar-refractivity contribution in [2.45, 2.75) is 125 Å². The number of hydrogen-bond acceptors (Lipinski definition) is 3. The number of aryl methyl sites for hydroxylation is 1. The highest BCUT2D eigenvalue weighted by Gasteiger charge is 2.33. The van der Waals surface area contributed by atoms with E-state index in [0.29, 0.717) is 5.75 Å².